The van der Waals surface area contributed by atoms with E-state index in [1.807, 2.05) is 19.1 Å². The maximum atomic E-state index is 12.2. The summed E-state index contributed by atoms with van der Waals surface area (Å²) >= 11 is 5.93. The molecule has 0 spiro atoms. The molecule has 0 aliphatic carbocycles. The summed E-state index contributed by atoms with van der Waals surface area (Å²) < 4.78 is 5.11. The molecular formula is C14H16ClN3O2. The SMILES string of the molecule is CC(CN)N(C)C(=O)c1cc(-c2cccc(Cl)c2)no1. The van der Waals surface area contributed by atoms with E-state index in [0.717, 1.165) is 5.56 Å². The fourth-order valence-corrected chi connectivity index (χ4v) is 1.88. The van der Waals surface area contributed by atoms with E-state index in [-0.39, 0.29) is 17.7 Å². The molecule has 1 unspecified atom stereocenters. The average molecular weight is 294 g/mol. The minimum absolute atomic E-state index is 0.0674. The summed E-state index contributed by atoms with van der Waals surface area (Å²) in [7, 11) is 1.68. The molecule has 0 saturated carbocycles. The zero-order valence-corrected chi connectivity index (χ0v) is 12.1. The number of carbonyl (C=O) groups is 1. The van der Waals surface area contributed by atoms with Crippen LogP contribution in [0.4, 0.5) is 0 Å². The summed E-state index contributed by atoms with van der Waals surface area (Å²) in [6.07, 6.45) is 0. The lowest BCUT2D eigenvalue weighted by atomic mass is 10.1. The lowest BCUT2D eigenvalue weighted by Gasteiger charge is -2.21. The van der Waals surface area contributed by atoms with Crippen molar-refractivity contribution in [3.8, 4) is 11.3 Å². The van der Waals surface area contributed by atoms with Gasteiger partial charge in [-0.2, -0.15) is 0 Å². The van der Waals surface area contributed by atoms with Crippen LogP contribution in [0.2, 0.25) is 5.02 Å². The molecule has 1 aromatic carbocycles. The van der Waals surface area contributed by atoms with Crippen LogP contribution < -0.4 is 5.73 Å². The third-order valence-corrected chi connectivity index (χ3v) is 3.40. The highest BCUT2D eigenvalue weighted by molar-refractivity contribution is 6.30. The highest BCUT2D eigenvalue weighted by Crippen LogP contribution is 2.23. The van der Waals surface area contributed by atoms with Gasteiger partial charge in [0.05, 0.1) is 0 Å². The van der Waals surface area contributed by atoms with Crippen LogP contribution in [0.25, 0.3) is 11.3 Å². The van der Waals surface area contributed by atoms with Crippen LogP contribution in [0.3, 0.4) is 0 Å². The molecule has 0 aliphatic heterocycles. The molecule has 1 atom stereocenters. The molecule has 0 aliphatic rings. The number of halogens is 1. The maximum Gasteiger partial charge on any atom is 0.292 e. The van der Waals surface area contributed by atoms with E-state index < -0.39 is 0 Å². The van der Waals surface area contributed by atoms with Crippen molar-refractivity contribution in [3.63, 3.8) is 0 Å². The molecule has 1 heterocycles. The van der Waals surface area contributed by atoms with Crippen molar-refractivity contribution in [3.05, 3.63) is 41.1 Å². The van der Waals surface area contributed by atoms with Gasteiger partial charge in [0, 0.05) is 36.3 Å². The fraction of sp³-hybridized carbons (Fsp3) is 0.286. The van der Waals surface area contributed by atoms with E-state index >= 15 is 0 Å². The third kappa shape index (κ3) is 3.00. The number of nitrogens with two attached hydrogens (primary N) is 1. The molecule has 2 rings (SSSR count). The van der Waals surface area contributed by atoms with Gasteiger partial charge in [-0.3, -0.25) is 4.79 Å². The van der Waals surface area contributed by atoms with Gasteiger partial charge in [0.25, 0.3) is 5.91 Å². The molecule has 1 aromatic heterocycles. The lowest BCUT2D eigenvalue weighted by molar-refractivity contribution is 0.0706. The van der Waals surface area contributed by atoms with Gasteiger partial charge >= 0.3 is 0 Å². The van der Waals surface area contributed by atoms with Crippen LogP contribution in [0.5, 0.6) is 0 Å². The number of nitrogens with zero attached hydrogens (tertiary/aromatic N) is 2. The van der Waals surface area contributed by atoms with E-state index in [1.54, 1.807) is 25.2 Å². The Morgan fingerprint density at radius 3 is 2.90 bits per heavy atom. The Balaban J connectivity index is 2.23. The Labute approximate surface area is 122 Å². The number of carbonyl (C=O) groups excluding carboxylic acids is 1. The van der Waals surface area contributed by atoms with Crippen molar-refractivity contribution in [2.45, 2.75) is 13.0 Å². The summed E-state index contributed by atoms with van der Waals surface area (Å²) in [6, 6.07) is 8.74. The van der Waals surface area contributed by atoms with Gasteiger partial charge in [-0.1, -0.05) is 28.9 Å². The second-order valence-corrected chi connectivity index (χ2v) is 5.02. The van der Waals surface area contributed by atoms with Crippen molar-refractivity contribution in [2.75, 3.05) is 13.6 Å². The van der Waals surface area contributed by atoms with Crippen LogP contribution in [0.15, 0.2) is 34.9 Å². The van der Waals surface area contributed by atoms with Crippen molar-refractivity contribution in [1.29, 1.82) is 0 Å². The molecule has 0 bridgehead atoms. The first-order valence-electron chi connectivity index (χ1n) is 6.22. The Morgan fingerprint density at radius 1 is 1.50 bits per heavy atom. The second-order valence-electron chi connectivity index (χ2n) is 4.59. The summed E-state index contributed by atoms with van der Waals surface area (Å²) in [4.78, 5) is 13.7. The lowest BCUT2D eigenvalue weighted by Crippen LogP contribution is -2.39. The van der Waals surface area contributed by atoms with Crippen LogP contribution in [0, 0.1) is 0 Å². The average Bonchev–Trinajstić information content (AvgIpc) is 2.94. The second kappa shape index (κ2) is 6.07. The van der Waals surface area contributed by atoms with Gasteiger partial charge in [-0.25, -0.2) is 0 Å². The van der Waals surface area contributed by atoms with Crippen LogP contribution in [0.1, 0.15) is 17.5 Å². The molecule has 2 N–H and O–H groups in total. The largest absolute Gasteiger partial charge is 0.350 e. The number of hydrogen-bond acceptors (Lipinski definition) is 4. The van der Waals surface area contributed by atoms with E-state index in [1.165, 1.54) is 4.90 Å². The number of rotatable bonds is 4. The zero-order valence-electron chi connectivity index (χ0n) is 11.3. The van der Waals surface area contributed by atoms with Gasteiger partial charge in [-0.15, -0.1) is 0 Å². The normalized spacial score (nSPS) is 12.2. The van der Waals surface area contributed by atoms with E-state index in [2.05, 4.69) is 5.16 Å². The van der Waals surface area contributed by atoms with Crippen molar-refractivity contribution in [1.82, 2.24) is 10.1 Å². The Hall–Kier alpha value is -1.85. The van der Waals surface area contributed by atoms with Crippen molar-refractivity contribution in [2.24, 2.45) is 5.73 Å². The molecule has 5 nitrogen and oxygen atoms in total. The van der Waals surface area contributed by atoms with Crippen LogP contribution in [-0.2, 0) is 0 Å². The molecule has 1 amide bonds. The molecule has 6 heteroatoms. The highest BCUT2D eigenvalue weighted by atomic mass is 35.5. The van der Waals surface area contributed by atoms with Crippen molar-refractivity contribution < 1.29 is 9.32 Å². The molecule has 2 aromatic rings. The Morgan fingerprint density at radius 2 is 2.25 bits per heavy atom. The fourth-order valence-electron chi connectivity index (χ4n) is 1.69. The first kappa shape index (κ1) is 14.6. The Kier molecular flexibility index (Phi) is 4.42. The van der Waals surface area contributed by atoms with E-state index in [9.17, 15) is 4.79 Å². The van der Waals surface area contributed by atoms with Gasteiger partial charge in [0.1, 0.15) is 5.69 Å². The predicted octanol–water partition coefficient (Wildman–Crippen LogP) is 2.41. The van der Waals surface area contributed by atoms with Gasteiger partial charge in [-0.05, 0) is 19.1 Å². The zero-order chi connectivity index (χ0) is 14.7. The third-order valence-electron chi connectivity index (χ3n) is 3.16. The molecule has 0 radical (unpaired) electrons. The summed E-state index contributed by atoms with van der Waals surface area (Å²) in [5.74, 6) is -0.0634. The summed E-state index contributed by atoms with van der Waals surface area (Å²) in [5, 5.41) is 4.51. The number of amides is 1. The molecule has 0 fully saturated rings. The first-order chi connectivity index (χ1) is 9.52. The number of benzene rings is 1. The highest BCUT2D eigenvalue weighted by Gasteiger charge is 2.21. The molecule has 106 valence electrons. The van der Waals surface area contributed by atoms with E-state index in [0.29, 0.717) is 17.3 Å². The molecule has 20 heavy (non-hydrogen) atoms. The van der Waals surface area contributed by atoms with E-state index in [4.69, 9.17) is 21.9 Å². The monoisotopic (exact) mass is 293 g/mol. The van der Waals surface area contributed by atoms with Gasteiger partial charge in [0.2, 0.25) is 5.76 Å². The minimum atomic E-state index is -0.247. The Bertz CT molecular complexity index is 612. The predicted molar refractivity (Wildman–Crippen MR) is 77.6 cm³/mol. The van der Waals surface area contributed by atoms with Gasteiger partial charge < -0.3 is 15.2 Å². The topological polar surface area (TPSA) is 72.4 Å². The summed E-state index contributed by atoms with van der Waals surface area (Å²) in [6.45, 7) is 2.25. The number of hydrogen-bond donors (Lipinski definition) is 1. The summed E-state index contributed by atoms with van der Waals surface area (Å²) in [5.41, 5.74) is 6.92. The van der Waals surface area contributed by atoms with Crippen LogP contribution >= 0.6 is 11.6 Å². The van der Waals surface area contributed by atoms with Crippen molar-refractivity contribution >= 4 is 17.5 Å². The molecule has 0 saturated heterocycles. The standard InChI is InChI=1S/C14H16ClN3O2/c1-9(8-16)18(2)14(19)13-7-12(17-20-13)10-4-3-5-11(15)6-10/h3-7,9H,8,16H2,1-2H3. The molecular weight excluding hydrogens is 278 g/mol. The number of aromatic nitrogens is 1. The smallest absolute Gasteiger partial charge is 0.292 e. The first-order valence-corrected chi connectivity index (χ1v) is 6.60. The maximum absolute atomic E-state index is 12.2. The van der Waals surface area contributed by atoms with Crippen LogP contribution in [-0.4, -0.2) is 35.6 Å². The van der Waals surface area contributed by atoms with Gasteiger partial charge in [0.15, 0.2) is 0 Å². The number of likely N-dealkylation sites (N-methyl/N-ethyl adjacent to an activating group) is 1. The minimum Gasteiger partial charge on any atom is -0.350 e. The quantitative estimate of drug-likeness (QED) is 0.939.